The van der Waals surface area contributed by atoms with Crippen molar-refractivity contribution in [2.45, 2.75) is 50.0 Å². The van der Waals surface area contributed by atoms with Gasteiger partial charge in [0.15, 0.2) is 0 Å². The van der Waals surface area contributed by atoms with E-state index < -0.39 is 0 Å². The summed E-state index contributed by atoms with van der Waals surface area (Å²) < 4.78 is 9.19. The minimum absolute atomic E-state index is 0.662. The molecule has 0 radical (unpaired) electrons. The van der Waals surface area contributed by atoms with Gasteiger partial charge in [0.25, 0.3) is 0 Å². The van der Waals surface area contributed by atoms with Crippen LogP contribution >= 0.6 is 23.5 Å². The van der Waals surface area contributed by atoms with Gasteiger partial charge in [0.2, 0.25) is 0 Å². The van der Waals surface area contributed by atoms with Crippen molar-refractivity contribution < 1.29 is 0 Å². The predicted molar refractivity (Wildman–Crippen MR) is 82.1 cm³/mol. The molecule has 0 N–H and O–H groups in total. The second-order valence-electron chi connectivity index (χ2n) is 5.78. The highest BCUT2D eigenvalue weighted by atomic mass is 32.2. The molecule has 0 aromatic carbocycles. The van der Waals surface area contributed by atoms with Crippen LogP contribution in [0.5, 0.6) is 0 Å². The van der Waals surface area contributed by atoms with E-state index in [1.807, 2.05) is 11.8 Å². The van der Waals surface area contributed by atoms with Gasteiger partial charge < -0.3 is 4.90 Å². The summed E-state index contributed by atoms with van der Waals surface area (Å²) in [4.78, 5) is 2.61. The zero-order valence-electron chi connectivity index (χ0n) is 11.7. The molecule has 0 saturated carbocycles. The van der Waals surface area contributed by atoms with Crippen molar-refractivity contribution in [2.24, 2.45) is 5.92 Å². The first kappa shape index (κ1) is 13.8. The van der Waals surface area contributed by atoms with Crippen molar-refractivity contribution in [1.29, 1.82) is 0 Å². The van der Waals surface area contributed by atoms with E-state index in [2.05, 4.69) is 20.6 Å². The standard InChI is InChI=1S/C14H23N3S2/c1-2-3-4-8-18-14-13(15-19-16-14)12-10-17-7-5-6-11(12)9-17/h11-12H,2-10H2,1H3. The number of hydrogen-bond donors (Lipinski definition) is 0. The Labute approximate surface area is 124 Å². The summed E-state index contributed by atoms with van der Waals surface area (Å²) in [6.07, 6.45) is 6.69. The maximum Gasteiger partial charge on any atom is 0.134 e. The van der Waals surface area contributed by atoms with E-state index in [0.29, 0.717) is 5.92 Å². The summed E-state index contributed by atoms with van der Waals surface area (Å²) in [7, 11) is 0. The third-order valence-electron chi connectivity index (χ3n) is 4.39. The number of aromatic nitrogens is 2. The number of unbranched alkanes of at least 4 members (excludes halogenated alkanes) is 2. The van der Waals surface area contributed by atoms with E-state index in [1.54, 1.807) is 0 Å². The Kier molecular flexibility index (Phi) is 4.77. The minimum atomic E-state index is 0.662. The van der Waals surface area contributed by atoms with Gasteiger partial charge in [0.1, 0.15) is 5.03 Å². The molecule has 3 atom stereocenters. The Morgan fingerprint density at radius 3 is 3.11 bits per heavy atom. The van der Waals surface area contributed by atoms with E-state index >= 15 is 0 Å². The van der Waals surface area contributed by atoms with Gasteiger partial charge in [0.05, 0.1) is 17.4 Å². The van der Waals surface area contributed by atoms with Crippen molar-refractivity contribution in [3.8, 4) is 0 Å². The quantitative estimate of drug-likeness (QED) is 0.592. The third-order valence-corrected chi connectivity index (χ3v) is 6.11. The smallest absolute Gasteiger partial charge is 0.134 e. The molecule has 1 aromatic heterocycles. The average molecular weight is 297 g/mol. The monoisotopic (exact) mass is 297 g/mol. The molecule has 2 bridgehead atoms. The molecule has 0 amide bonds. The number of thioether (sulfide) groups is 1. The van der Waals surface area contributed by atoms with Crippen LogP contribution in [0.25, 0.3) is 0 Å². The Morgan fingerprint density at radius 2 is 2.26 bits per heavy atom. The van der Waals surface area contributed by atoms with Gasteiger partial charge in [-0.2, -0.15) is 8.75 Å². The number of piperidine rings is 1. The zero-order valence-corrected chi connectivity index (χ0v) is 13.3. The summed E-state index contributed by atoms with van der Waals surface area (Å²) >= 11 is 3.34. The second kappa shape index (κ2) is 6.55. The normalized spacial score (nSPS) is 29.8. The lowest BCUT2D eigenvalue weighted by Gasteiger charge is -2.21. The summed E-state index contributed by atoms with van der Waals surface area (Å²) in [5.74, 6) is 2.70. The highest BCUT2D eigenvalue weighted by Gasteiger charge is 2.38. The van der Waals surface area contributed by atoms with Crippen molar-refractivity contribution in [3.63, 3.8) is 0 Å². The van der Waals surface area contributed by atoms with Crippen LogP contribution < -0.4 is 0 Å². The molecule has 3 rings (SSSR count). The Hall–Kier alpha value is -0.130. The molecule has 2 fully saturated rings. The molecule has 1 aromatic rings. The first-order valence-corrected chi connectivity index (χ1v) is 9.27. The largest absolute Gasteiger partial charge is 0.302 e. The fourth-order valence-electron chi connectivity index (χ4n) is 3.36. The number of fused-ring (bicyclic) bond motifs is 2. The maximum atomic E-state index is 4.64. The van der Waals surface area contributed by atoms with Crippen molar-refractivity contribution >= 4 is 23.5 Å². The molecular weight excluding hydrogens is 274 g/mol. The van der Waals surface area contributed by atoms with Crippen LogP contribution in [-0.2, 0) is 0 Å². The van der Waals surface area contributed by atoms with E-state index in [4.69, 9.17) is 0 Å². The first-order chi connectivity index (χ1) is 9.38. The molecule has 5 heteroatoms. The molecular formula is C14H23N3S2. The lowest BCUT2D eigenvalue weighted by Crippen LogP contribution is -2.25. The molecule has 0 spiro atoms. The van der Waals surface area contributed by atoms with Crippen LogP contribution in [0.2, 0.25) is 0 Å². The molecule has 19 heavy (non-hydrogen) atoms. The maximum absolute atomic E-state index is 4.64. The Bertz CT molecular complexity index is 407. The number of hydrogen-bond acceptors (Lipinski definition) is 5. The summed E-state index contributed by atoms with van der Waals surface area (Å²) in [5.41, 5.74) is 1.32. The molecule has 3 unspecified atom stereocenters. The number of rotatable bonds is 6. The molecule has 2 saturated heterocycles. The number of nitrogens with zero attached hydrogens (tertiary/aromatic N) is 3. The van der Waals surface area contributed by atoms with Crippen molar-refractivity contribution in [1.82, 2.24) is 13.6 Å². The predicted octanol–water partition coefficient (Wildman–Crippen LogP) is 3.63. The average Bonchev–Trinajstić information content (AvgIpc) is 2.99. The van der Waals surface area contributed by atoms with Crippen LogP contribution in [0.15, 0.2) is 5.03 Å². The summed E-state index contributed by atoms with van der Waals surface area (Å²) in [6, 6.07) is 0. The van der Waals surface area contributed by atoms with Crippen LogP contribution in [0, 0.1) is 5.92 Å². The molecule has 2 aliphatic rings. The van der Waals surface area contributed by atoms with Gasteiger partial charge in [-0.3, -0.25) is 0 Å². The van der Waals surface area contributed by atoms with Crippen molar-refractivity contribution in [3.05, 3.63) is 5.69 Å². The van der Waals surface area contributed by atoms with Crippen molar-refractivity contribution in [2.75, 3.05) is 25.4 Å². The SMILES string of the molecule is CCCCCSc1nsnc1C1CN2CCCC1C2. The zero-order chi connectivity index (χ0) is 13.1. The van der Waals surface area contributed by atoms with Gasteiger partial charge in [-0.15, -0.1) is 11.8 Å². The molecule has 2 aliphatic heterocycles. The highest BCUT2D eigenvalue weighted by Crippen LogP contribution is 2.41. The van der Waals surface area contributed by atoms with Gasteiger partial charge >= 0.3 is 0 Å². The second-order valence-corrected chi connectivity index (χ2v) is 7.39. The molecule has 3 nitrogen and oxygen atoms in total. The fraction of sp³-hybridized carbons (Fsp3) is 0.857. The Balaban J connectivity index is 1.63. The van der Waals surface area contributed by atoms with E-state index in [-0.39, 0.29) is 0 Å². The lowest BCUT2D eigenvalue weighted by atomic mass is 9.89. The van der Waals surface area contributed by atoms with Crippen LogP contribution in [0.4, 0.5) is 0 Å². The lowest BCUT2D eigenvalue weighted by molar-refractivity contribution is 0.269. The summed E-state index contributed by atoms with van der Waals surface area (Å²) in [6.45, 7) is 6.07. The minimum Gasteiger partial charge on any atom is -0.302 e. The topological polar surface area (TPSA) is 29.0 Å². The van der Waals surface area contributed by atoms with E-state index in [1.165, 1.54) is 79.9 Å². The van der Waals surface area contributed by atoms with Crippen LogP contribution in [0.1, 0.15) is 50.6 Å². The van der Waals surface area contributed by atoms with E-state index in [0.717, 1.165) is 5.92 Å². The van der Waals surface area contributed by atoms with Crippen LogP contribution in [0.3, 0.4) is 0 Å². The van der Waals surface area contributed by atoms with Gasteiger partial charge in [-0.05, 0) is 37.5 Å². The first-order valence-electron chi connectivity index (χ1n) is 7.56. The van der Waals surface area contributed by atoms with Crippen LogP contribution in [-0.4, -0.2) is 39.0 Å². The molecule has 0 aliphatic carbocycles. The summed E-state index contributed by atoms with van der Waals surface area (Å²) in [5, 5.41) is 1.24. The molecule has 3 heterocycles. The van der Waals surface area contributed by atoms with Gasteiger partial charge in [-0.1, -0.05) is 19.8 Å². The van der Waals surface area contributed by atoms with Gasteiger partial charge in [-0.25, -0.2) is 0 Å². The van der Waals surface area contributed by atoms with E-state index in [9.17, 15) is 0 Å². The fourth-order valence-corrected chi connectivity index (χ4v) is 5.13. The molecule has 106 valence electrons. The third kappa shape index (κ3) is 3.14. The van der Waals surface area contributed by atoms with Gasteiger partial charge in [0, 0.05) is 19.0 Å². The Morgan fingerprint density at radius 1 is 1.32 bits per heavy atom. The highest BCUT2D eigenvalue weighted by molar-refractivity contribution is 7.99.